The number of halogens is 4. The Morgan fingerprint density at radius 3 is 1.94 bits per heavy atom. The van der Waals surface area contributed by atoms with Gasteiger partial charge in [-0.15, -0.1) is 0 Å². The summed E-state index contributed by atoms with van der Waals surface area (Å²) < 4.78 is 51.6. The van der Waals surface area contributed by atoms with Crippen LogP contribution in [0.15, 0.2) is 0 Å². The van der Waals surface area contributed by atoms with E-state index in [0.29, 0.717) is 6.42 Å². The van der Waals surface area contributed by atoms with Crippen LogP contribution in [0.5, 0.6) is 0 Å². The number of rotatable bonds is 5. The van der Waals surface area contributed by atoms with E-state index >= 15 is 0 Å². The number of unbranched alkanes of at least 4 members (excludes halogenated alkanes) is 3. The van der Waals surface area contributed by atoms with Gasteiger partial charge >= 0.3 is 0 Å². The lowest BCUT2D eigenvalue weighted by molar-refractivity contribution is 0.393. The molecule has 0 spiro atoms. The minimum absolute atomic E-state index is 0.00593. The van der Waals surface area contributed by atoms with Crippen molar-refractivity contribution in [3.63, 3.8) is 0 Å². The molecule has 1 aromatic heterocycles. The summed E-state index contributed by atoms with van der Waals surface area (Å²) in [6.07, 6.45) is 3.18. The van der Waals surface area contributed by atoms with Crippen LogP contribution in [0.25, 0.3) is 0 Å². The molecule has 0 aromatic carbocycles. The molecule has 0 aliphatic carbocycles. The molecule has 0 fully saturated rings. The van der Waals surface area contributed by atoms with Gasteiger partial charge in [0.05, 0.1) is 0 Å². The van der Waals surface area contributed by atoms with Crippen molar-refractivity contribution in [3.05, 3.63) is 29.1 Å². The molecule has 90 valence electrons. The summed E-state index contributed by atoms with van der Waals surface area (Å²) >= 11 is 0. The Morgan fingerprint density at radius 1 is 0.875 bits per heavy atom. The van der Waals surface area contributed by atoms with Crippen LogP contribution in [-0.4, -0.2) is 4.98 Å². The van der Waals surface area contributed by atoms with E-state index in [9.17, 15) is 17.6 Å². The van der Waals surface area contributed by atoms with Gasteiger partial charge in [0.25, 0.3) is 11.9 Å². The van der Waals surface area contributed by atoms with Gasteiger partial charge in [0.1, 0.15) is 0 Å². The van der Waals surface area contributed by atoms with E-state index in [4.69, 9.17) is 0 Å². The van der Waals surface area contributed by atoms with Crippen LogP contribution in [0.1, 0.15) is 38.2 Å². The maximum Gasteiger partial charge on any atom is 0.252 e. The number of hydrogen-bond acceptors (Lipinski definition) is 1. The number of hydrogen-bond donors (Lipinski definition) is 0. The van der Waals surface area contributed by atoms with Gasteiger partial charge in [0.2, 0.25) is 0 Å². The SMILES string of the molecule is CCCCCCc1c(F)c(F)nc(F)c1F. The molecule has 0 saturated heterocycles. The smallest absolute Gasteiger partial charge is 0.202 e. The number of pyridine rings is 1. The van der Waals surface area contributed by atoms with Gasteiger partial charge in [-0.05, 0) is 12.8 Å². The lowest BCUT2D eigenvalue weighted by Gasteiger charge is -2.05. The van der Waals surface area contributed by atoms with Crippen LogP contribution < -0.4 is 0 Å². The first-order valence-electron chi connectivity index (χ1n) is 5.26. The van der Waals surface area contributed by atoms with Crippen molar-refractivity contribution in [2.24, 2.45) is 0 Å². The first-order chi connectivity index (χ1) is 7.57. The fourth-order valence-electron chi connectivity index (χ4n) is 1.48. The van der Waals surface area contributed by atoms with Gasteiger partial charge in [-0.2, -0.15) is 13.8 Å². The van der Waals surface area contributed by atoms with E-state index in [-0.39, 0.29) is 6.42 Å². The molecule has 0 atom stereocenters. The van der Waals surface area contributed by atoms with Crippen LogP contribution >= 0.6 is 0 Å². The van der Waals surface area contributed by atoms with Crippen LogP contribution in [0.2, 0.25) is 0 Å². The molecule has 0 unspecified atom stereocenters. The zero-order chi connectivity index (χ0) is 12.1. The predicted octanol–water partition coefficient (Wildman–Crippen LogP) is 3.76. The second-order valence-electron chi connectivity index (χ2n) is 3.61. The highest BCUT2D eigenvalue weighted by Gasteiger charge is 2.19. The quantitative estimate of drug-likeness (QED) is 0.430. The predicted molar refractivity (Wildman–Crippen MR) is 51.9 cm³/mol. The molecule has 1 nitrogen and oxygen atoms in total. The van der Waals surface area contributed by atoms with Gasteiger partial charge < -0.3 is 0 Å². The topological polar surface area (TPSA) is 12.9 Å². The molecule has 1 aromatic rings. The Balaban J connectivity index is 2.78. The monoisotopic (exact) mass is 235 g/mol. The van der Waals surface area contributed by atoms with E-state index in [1.165, 1.54) is 0 Å². The van der Waals surface area contributed by atoms with E-state index in [0.717, 1.165) is 19.3 Å². The molecule has 5 heteroatoms. The zero-order valence-corrected chi connectivity index (χ0v) is 8.99. The first-order valence-corrected chi connectivity index (χ1v) is 5.26. The van der Waals surface area contributed by atoms with Gasteiger partial charge in [-0.25, -0.2) is 8.78 Å². The molecule has 0 saturated carbocycles. The molecule has 0 amide bonds. The summed E-state index contributed by atoms with van der Waals surface area (Å²) in [6.45, 7) is 1.99. The van der Waals surface area contributed by atoms with Crippen molar-refractivity contribution in [2.75, 3.05) is 0 Å². The standard InChI is InChI=1S/C11H13F4N/c1-2-3-4-5-6-7-8(12)10(14)16-11(15)9(7)13/h2-6H2,1H3. The van der Waals surface area contributed by atoms with Crippen molar-refractivity contribution in [1.29, 1.82) is 0 Å². The van der Waals surface area contributed by atoms with Crippen LogP contribution in [0, 0.1) is 23.5 Å². The third kappa shape index (κ3) is 2.93. The van der Waals surface area contributed by atoms with Crippen molar-refractivity contribution in [1.82, 2.24) is 4.98 Å². The highest BCUT2D eigenvalue weighted by molar-refractivity contribution is 5.17. The van der Waals surface area contributed by atoms with Crippen molar-refractivity contribution < 1.29 is 17.6 Å². The lowest BCUT2D eigenvalue weighted by atomic mass is 10.1. The van der Waals surface area contributed by atoms with E-state index < -0.39 is 29.1 Å². The Labute approximate surface area is 91.5 Å². The third-order valence-corrected chi connectivity index (χ3v) is 2.37. The summed E-state index contributed by atoms with van der Waals surface area (Å²) in [5.41, 5.74) is -0.541. The Kier molecular flexibility index (Phi) is 4.71. The van der Waals surface area contributed by atoms with E-state index in [1.807, 2.05) is 6.92 Å². The van der Waals surface area contributed by atoms with E-state index in [1.54, 1.807) is 0 Å². The number of nitrogens with zero attached hydrogens (tertiary/aromatic N) is 1. The normalized spacial score (nSPS) is 10.8. The Morgan fingerprint density at radius 2 is 1.44 bits per heavy atom. The molecule has 0 radical (unpaired) electrons. The summed E-state index contributed by atoms with van der Waals surface area (Å²) in [5.74, 6) is -5.92. The fraction of sp³-hybridized carbons (Fsp3) is 0.545. The largest absolute Gasteiger partial charge is 0.252 e. The molecular weight excluding hydrogens is 222 g/mol. The van der Waals surface area contributed by atoms with Crippen LogP contribution in [-0.2, 0) is 6.42 Å². The number of aromatic nitrogens is 1. The Hall–Kier alpha value is -1.13. The first kappa shape index (κ1) is 12.9. The zero-order valence-electron chi connectivity index (χ0n) is 8.99. The molecular formula is C11H13F4N. The summed E-state index contributed by atoms with van der Waals surface area (Å²) in [6, 6.07) is 0. The van der Waals surface area contributed by atoms with Crippen LogP contribution in [0.3, 0.4) is 0 Å². The average molecular weight is 235 g/mol. The average Bonchev–Trinajstić information content (AvgIpc) is 2.25. The highest BCUT2D eigenvalue weighted by Crippen LogP contribution is 2.19. The molecule has 16 heavy (non-hydrogen) atoms. The summed E-state index contributed by atoms with van der Waals surface area (Å²) in [4.78, 5) is 2.49. The maximum atomic E-state index is 13.1. The second kappa shape index (κ2) is 5.82. The molecule has 0 aliphatic heterocycles. The van der Waals surface area contributed by atoms with Gasteiger partial charge in [-0.3, -0.25) is 0 Å². The molecule has 1 heterocycles. The van der Waals surface area contributed by atoms with Crippen LogP contribution in [0.4, 0.5) is 17.6 Å². The maximum absolute atomic E-state index is 13.1. The second-order valence-corrected chi connectivity index (χ2v) is 3.61. The molecule has 1 rings (SSSR count). The van der Waals surface area contributed by atoms with Crippen molar-refractivity contribution >= 4 is 0 Å². The Bertz CT molecular complexity index is 339. The fourth-order valence-corrected chi connectivity index (χ4v) is 1.48. The molecule has 0 N–H and O–H groups in total. The van der Waals surface area contributed by atoms with Gasteiger partial charge in [0.15, 0.2) is 11.6 Å². The molecule has 0 bridgehead atoms. The minimum atomic E-state index is -1.58. The summed E-state index contributed by atoms with van der Waals surface area (Å²) in [5, 5.41) is 0. The van der Waals surface area contributed by atoms with Crippen molar-refractivity contribution in [3.8, 4) is 0 Å². The van der Waals surface area contributed by atoms with E-state index in [2.05, 4.69) is 4.98 Å². The molecule has 0 aliphatic rings. The highest BCUT2D eigenvalue weighted by atomic mass is 19.2. The lowest BCUT2D eigenvalue weighted by Crippen LogP contribution is -2.06. The minimum Gasteiger partial charge on any atom is -0.202 e. The van der Waals surface area contributed by atoms with Crippen molar-refractivity contribution in [2.45, 2.75) is 39.0 Å². The third-order valence-electron chi connectivity index (χ3n) is 2.37. The van der Waals surface area contributed by atoms with Gasteiger partial charge in [-0.1, -0.05) is 26.2 Å². The van der Waals surface area contributed by atoms with Gasteiger partial charge in [0, 0.05) is 5.56 Å². The summed E-state index contributed by atoms with van der Waals surface area (Å²) in [7, 11) is 0.